The predicted molar refractivity (Wildman–Crippen MR) is 59.9 cm³/mol. The van der Waals surface area contributed by atoms with E-state index in [-0.39, 0.29) is 0 Å². The Morgan fingerprint density at radius 3 is 2.77 bits per heavy atom. The average molecular weight is 232 g/mol. The van der Waals surface area contributed by atoms with Crippen molar-refractivity contribution in [2.45, 2.75) is 0 Å². The molecule has 2 rings (SSSR count). The summed E-state index contributed by atoms with van der Waals surface area (Å²) in [6, 6.07) is 3.81. The van der Waals surface area contributed by atoms with Gasteiger partial charge in [-0.3, -0.25) is 0 Å². The molecule has 0 saturated carbocycles. The molecule has 3 nitrogen and oxygen atoms in total. The lowest BCUT2D eigenvalue weighted by Crippen LogP contribution is -2.15. The third kappa shape index (κ3) is 2.04. The van der Waals surface area contributed by atoms with Crippen LogP contribution < -0.4 is 5.73 Å². The summed E-state index contributed by atoms with van der Waals surface area (Å²) in [5.41, 5.74) is 6.40. The van der Waals surface area contributed by atoms with Crippen molar-refractivity contribution in [2.24, 2.45) is 15.9 Å². The van der Waals surface area contributed by atoms with Gasteiger partial charge in [-0.25, -0.2) is 0 Å². The van der Waals surface area contributed by atoms with Crippen molar-refractivity contribution in [3.63, 3.8) is 0 Å². The van der Waals surface area contributed by atoms with Crippen LogP contribution in [0.5, 0.6) is 0 Å². The van der Waals surface area contributed by atoms with Crippen molar-refractivity contribution in [1.29, 1.82) is 0 Å². The second kappa shape index (κ2) is 3.69. The average Bonchev–Trinajstić information content (AvgIpc) is 2.53. The Balaban J connectivity index is 2.28. The van der Waals surface area contributed by atoms with E-state index in [1.165, 1.54) is 23.1 Å². The first-order chi connectivity index (χ1) is 6.25. The summed E-state index contributed by atoms with van der Waals surface area (Å²) < 4.78 is 0.769. The third-order valence-electron chi connectivity index (χ3n) is 1.48. The molecular weight excluding hydrogens is 226 g/mol. The van der Waals surface area contributed by atoms with Gasteiger partial charge in [0.2, 0.25) is 0 Å². The highest BCUT2D eigenvalue weighted by Crippen LogP contribution is 2.24. The van der Waals surface area contributed by atoms with E-state index in [4.69, 9.17) is 17.3 Å². The van der Waals surface area contributed by atoms with E-state index in [9.17, 15) is 0 Å². The van der Waals surface area contributed by atoms with E-state index in [1.54, 1.807) is 0 Å². The fourth-order valence-electron chi connectivity index (χ4n) is 0.899. The van der Waals surface area contributed by atoms with Gasteiger partial charge in [0, 0.05) is 5.75 Å². The summed E-state index contributed by atoms with van der Waals surface area (Å²) in [5, 5.41) is 8.33. The van der Waals surface area contributed by atoms with Gasteiger partial charge in [-0.1, -0.05) is 23.4 Å². The van der Waals surface area contributed by atoms with Gasteiger partial charge in [-0.2, -0.15) is 5.10 Å². The topological polar surface area (TPSA) is 50.7 Å². The highest BCUT2D eigenvalue weighted by Gasteiger charge is 2.11. The SMILES string of the molecule is NC1=NN=C(c2ccc(Cl)s2)CS1. The second-order valence-corrected chi connectivity index (χ2v) is 5.09. The largest absolute Gasteiger partial charge is 0.377 e. The van der Waals surface area contributed by atoms with Gasteiger partial charge in [0.05, 0.1) is 14.9 Å². The predicted octanol–water partition coefficient (Wildman–Crippen LogP) is 2.17. The molecule has 0 unspecified atom stereocenters. The summed E-state index contributed by atoms with van der Waals surface area (Å²) in [7, 11) is 0. The van der Waals surface area contributed by atoms with E-state index < -0.39 is 0 Å². The minimum atomic E-state index is 0.520. The first-order valence-electron chi connectivity index (χ1n) is 3.54. The van der Waals surface area contributed by atoms with Crippen LogP contribution in [0.15, 0.2) is 22.3 Å². The van der Waals surface area contributed by atoms with E-state index in [0.717, 1.165) is 20.7 Å². The Morgan fingerprint density at radius 1 is 1.38 bits per heavy atom. The van der Waals surface area contributed by atoms with E-state index in [1.807, 2.05) is 12.1 Å². The van der Waals surface area contributed by atoms with Gasteiger partial charge in [0.1, 0.15) is 0 Å². The Morgan fingerprint density at radius 2 is 2.23 bits per heavy atom. The number of hydrogen-bond acceptors (Lipinski definition) is 5. The second-order valence-electron chi connectivity index (χ2n) is 2.38. The van der Waals surface area contributed by atoms with Crippen molar-refractivity contribution in [3.8, 4) is 0 Å². The maximum absolute atomic E-state index is 5.80. The molecule has 68 valence electrons. The molecule has 1 aliphatic heterocycles. The van der Waals surface area contributed by atoms with Crippen LogP contribution in [0.25, 0.3) is 0 Å². The van der Waals surface area contributed by atoms with Crippen molar-refractivity contribution < 1.29 is 0 Å². The van der Waals surface area contributed by atoms with E-state index >= 15 is 0 Å². The minimum absolute atomic E-state index is 0.520. The first-order valence-corrected chi connectivity index (χ1v) is 5.72. The highest BCUT2D eigenvalue weighted by molar-refractivity contribution is 8.14. The van der Waals surface area contributed by atoms with Gasteiger partial charge < -0.3 is 5.73 Å². The standard InChI is InChI=1S/C7H6ClN3S2/c8-6-2-1-5(13-6)4-3-12-7(9)11-10-4/h1-2H,3H2,(H2,9,11). The van der Waals surface area contributed by atoms with Crippen LogP contribution in [-0.4, -0.2) is 16.6 Å². The van der Waals surface area contributed by atoms with Crippen LogP contribution in [0.2, 0.25) is 4.34 Å². The van der Waals surface area contributed by atoms with Crippen LogP contribution in [-0.2, 0) is 0 Å². The molecule has 13 heavy (non-hydrogen) atoms. The van der Waals surface area contributed by atoms with Gasteiger partial charge in [0.15, 0.2) is 5.17 Å². The molecule has 2 N–H and O–H groups in total. The molecule has 0 aromatic carbocycles. The molecule has 0 aliphatic carbocycles. The minimum Gasteiger partial charge on any atom is -0.377 e. The van der Waals surface area contributed by atoms with Crippen molar-refractivity contribution in [2.75, 3.05) is 5.75 Å². The lowest BCUT2D eigenvalue weighted by atomic mass is 10.3. The summed E-state index contributed by atoms with van der Waals surface area (Å²) in [6.45, 7) is 0. The van der Waals surface area contributed by atoms with E-state index in [2.05, 4.69) is 10.2 Å². The Bertz CT molecular complexity index is 383. The van der Waals surface area contributed by atoms with Crippen LogP contribution in [0, 0.1) is 0 Å². The Kier molecular flexibility index (Phi) is 2.57. The fraction of sp³-hybridized carbons (Fsp3) is 0.143. The molecule has 0 saturated heterocycles. The molecule has 1 aromatic rings. The number of thiophene rings is 1. The fourth-order valence-corrected chi connectivity index (χ4v) is 2.61. The van der Waals surface area contributed by atoms with Crippen LogP contribution in [0.3, 0.4) is 0 Å². The van der Waals surface area contributed by atoms with Gasteiger partial charge >= 0.3 is 0 Å². The molecule has 0 radical (unpaired) electrons. The third-order valence-corrected chi connectivity index (χ3v) is 3.56. The quantitative estimate of drug-likeness (QED) is 0.806. The molecule has 1 aromatic heterocycles. The lowest BCUT2D eigenvalue weighted by Gasteiger charge is -2.06. The summed E-state index contributed by atoms with van der Waals surface area (Å²) in [5.74, 6) is 0.770. The molecule has 0 amide bonds. The maximum atomic E-state index is 5.80. The highest BCUT2D eigenvalue weighted by atomic mass is 35.5. The number of hydrogen-bond donors (Lipinski definition) is 1. The summed E-state index contributed by atoms with van der Waals surface area (Å²) in [4.78, 5) is 1.06. The smallest absolute Gasteiger partial charge is 0.180 e. The van der Waals surface area contributed by atoms with Crippen molar-refractivity contribution in [3.05, 3.63) is 21.3 Å². The molecule has 6 heteroatoms. The summed E-state index contributed by atoms with van der Waals surface area (Å²) >= 11 is 8.80. The zero-order valence-corrected chi connectivity index (χ0v) is 8.92. The molecule has 0 bridgehead atoms. The monoisotopic (exact) mass is 231 g/mol. The number of amidine groups is 1. The maximum Gasteiger partial charge on any atom is 0.180 e. The van der Waals surface area contributed by atoms with Crippen molar-refractivity contribution in [1.82, 2.24) is 0 Å². The molecule has 0 spiro atoms. The number of nitrogens with zero attached hydrogens (tertiary/aromatic N) is 2. The first kappa shape index (κ1) is 9.05. The van der Waals surface area contributed by atoms with E-state index in [0.29, 0.717) is 5.17 Å². The number of thioether (sulfide) groups is 1. The molecule has 2 heterocycles. The van der Waals surface area contributed by atoms with Gasteiger partial charge in [0.25, 0.3) is 0 Å². The van der Waals surface area contributed by atoms with Crippen LogP contribution in [0.4, 0.5) is 0 Å². The number of halogens is 1. The molecular formula is C7H6ClN3S2. The zero-order chi connectivity index (χ0) is 9.26. The Hall–Kier alpha value is -0.520. The molecule has 0 fully saturated rings. The molecule has 1 aliphatic rings. The van der Waals surface area contributed by atoms with Crippen molar-refractivity contribution >= 4 is 45.6 Å². The zero-order valence-electron chi connectivity index (χ0n) is 6.53. The van der Waals surface area contributed by atoms with Gasteiger partial charge in [-0.05, 0) is 12.1 Å². The molecule has 0 atom stereocenters. The normalized spacial score (nSPS) is 16.7. The number of nitrogens with two attached hydrogens (primary N) is 1. The summed E-state index contributed by atoms with van der Waals surface area (Å²) in [6.07, 6.45) is 0. The number of rotatable bonds is 1. The van der Waals surface area contributed by atoms with Crippen LogP contribution >= 0.6 is 34.7 Å². The van der Waals surface area contributed by atoms with Crippen LogP contribution in [0.1, 0.15) is 4.88 Å². The lowest BCUT2D eigenvalue weighted by molar-refractivity contribution is 1.22. The Labute approximate surface area is 88.7 Å². The van der Waals surface area contributed by atoms with Gasteiger partial charge in [-0.15, -0.1) is 16.4 Å².